The third kappa shape index (κ3) is 3.93. The van der Waals surface area contributed by atoms with Crippen LogP contribution in [0.3, 0.4) is 0 Å². The summed E-state index contributed by atoms with van der Waals surface area (Å²) in [5.74, 6) is 1.75. The van der Waals surface area contributed by atoms with Crippen molar-refractivity contribution in [2.45, 2.75) is 71.1 Å². The van der Waals surface area contributed by atoms with E-state index in [9.17, 15) is 9.59 Å². The number of hydrogen-bond acceptors (Lipinski definition) is 4. The van der Waals surface area contributed by atoms with Crippen molar-refractivity contribution in [1.29, 1.82) is 0 Å². The van der Waals surface area contributed by atoms with E-state index in [1.807, 2.05) is 31.2 Å². The third-order valence-electron chi connectivity index (χ3n) is 5.71. The number of rotatable bonds is 5. The van der Waals surface area contributed by atoms with Gasteiger partial charge in [-0.3, -0.25) is 9.59 Å². The largest absolute Gasteiger partial charge is 0.347 e. The van der Waals surface area contributed by atoms with Gasteiger partial charge in [0.2, 0.25) is 11.8 Å². The Balaban J connectivity index is 1.40. The average Bonchev–Trinajstić information content (AvgIpc) is 3.16. The topological polar surface area (TPSA) is 80.1 Å². The molecular weight excluding hydrogens is 354 g/mol. The third-order valence-corrected chi connectivity index (χ3v) is 5.71. The SMILES string of the molecule is Cc1ccc(CN2C(=O)CCC2C(=O)NCc2nnc3n2CCCCC3)cc1. The maximum absolute atomic E-state index is 12.8. The highest BCUT2D eigenvalue weighted by Gasteiger charge is 2.36. The molecule has 2 aliphatic rings. The van der Waals surface area contributed by atoms with Crippen LogP contribution in [-0.4, -0.2) is 37.5 Å². The van der Waals surface area contributed by atoms with Gasteiger partial charge in [0.15, 0.2) is 5.82 Å². The summed E-state index contributed by atoms with van der Waals surface area (Å²) in [4.78, 5) is 26.9. The van der Waals surface area contributed by atoms with E-state index in [1.54, 1.807) is 4.90 Å². The Morgan fingerprint density at radius 3 is 2.79 bits per heavy atom. The average molecular weight is 381 g/mol. The molecule has 1 atom stereocenters. The number of aromatic nitrogens is 3. The van der Waals surface area contributed by atoms with Crippen molar-refractivity contribution in [2.75, 3.05) is 0 Å². The minimum absolute atomic E-state index is 0.0390. The summed E-state index contributed by atoms with van der Waals surface area (Å²) in [7, 11) is 0. The van der Waals surface area contributed by atoms with Crippen LogP contribution in [0.2, 0.25) is 0 Å². The molecule has 0 aliphatic carbocycles. The summed E-state index contributed by atoms with van der Waals surface area (Å²) < 4.78 is 2.14. The van der Waals surface area contributed by atoms with Gasteiger partial charge in [-0.05, 0) is 31.7 Å². The molecule has 2 aliphatic heterocycles. The van der Waals surface area contributed by atoms with Crippen LogP contribution in [0.4, 0.5) is 0 Å². The van der Waals surface area contributed by atoms with Crippen molar-refractivity contribution in [2.24, 2.45) is 0 Å². The van der Waals surface area contributed by atoms with Crippen LogP contribution in [0.1, 0.15) is 54.9 Å². The van der Waals surface area contributed by atoms with Crippen LogP contribution >= 0.6 is 0 Å². The van der Waals surface area contributed by atoms with E-state index in [1.165, 1.54) is 12.0 Å². The van der Waals surface area contributed by atoms with Gasteiger partial charge in [0, 0.05) is 25.9 Å². The van der Waals surface area contributed by atoms with Crippen molar-refractivity contribution in [1.82, 2.24) is 25.0 Å². The quantitative estimate of drug-likeness (QED) is 0.860. The number of fused-ring (bicyclic) bond motifs is 1. The summed E-state index contributed by atoms with van der Waals surface area (Å²) in [6, 6.07) is 7.67. The van der Waals surface area contributed by atoms with E-state index >= 15 is 0 Å². The van der Waals surface area contributed by atoms with Crippen LogP contribution in [0.5, 0.6) is 0 Å². The molecule has 1 aromatic carbocycles. The van der Waals surface area contributed by atoms with Gasteiger partial charge in [-0.25, -0.2) is 0 Å². The van der Waals surface area contributed by atoms with Gasteiger partial charge in [-0.2, -0.15) is 0 Å². The Kier molecular flexibility index (Phi) is 5.41. The van der Waals surface area contributed by atoms with Crippen LogP contribution < -0.4 is 5.32 Å². The molecule has 7 heteroatoms. The first-order valence-electron chi connectivity index (χ1n) is 10.2. The number of likely N-dealkylation sites (tertiary alicyclic amines) is 1. The van der Waals surface area contributed by atoms with E-state index in [4.69, 9.17) is 0 Å². The first-order chi connectivity index (χ1) is 13.6. The van der Waals surface area contributed by atoms with Gasteiger partial charge >= 0.3 is 0 Å². The van der Waals surface area contributed by atoms with Gasteiger partial charge in [0.25, 0.3) is 0 Å². The number of benzene rings is 1. The molecule has 0 bridgehead atoms. The molecule has 2 amide bonds. The molecule has 1 N–H and O–H groups in total. The highest BCUT2D eigenvalue weighted by Crippen LogP contribution is 2.22. The second-order valence-corrected chi connectivity index (χ2v) is 7.77. The summed E-state index contributed by atoms with van der Waals surface area (Å²) in [5.41, 5.74) is 2.22. The monoisotopic (exact) mass is 381 g/mol. The van der Waals surface area contributed by atoms with Gasteiger partial charge in [-0.15, -0.1) is 10.2 Å². The van der Waals surface area contributed by atoms with Crippen molar-refractivity contribution in [3.05, 3.63) is 47.0 Å². The number of hydrogen-bond donors (Lipinski definition) is 1. The first kappa shape index (κ1) is 18.7. The van der Waals surface area contributed by atoms with E-state index in [2.05, 4.69) is 20.1 Å². The zero-order chi connectivity index (χ0) is 19.5. The predicted octanol–water partition coefficient (Wildman–Crippen LogP) is 2.12. The zero-order valence-electron chi connectivity index (χ0n) is 16.4. The van der Waals surface area contributed by atoms with Gasteiger partial charge in [0.05, 0.1) is 6.54 Å². The molecule has 0 saturated carbocycles. The highest BCUT2D eigenvalue weighted by atomic mass is 16.2. The van der Waals surface area contributed by atoms with E-state index < -0.39 is 6.04 Å². The van der Waals surface area contributed by atoms with Crippen molar-refractivity contribution in [3.63, 3.8) is 0 Å². The number of nitrogens with one attached hydrogen (secondary N) is 1. The lowest BCUT2D eigenvalue weighted by Crippen LogP contribution is -2.44. The van der Waals surface area contributed by atoms with Crippen LogP contribution in [-0.2, 0) is 35.6 Å². The maximum Gasteiger partial charge on any atom is 0.243 e. The number of carbonyl (C=O) groups is 2. The molecule has 3 heterocycles. The fourth-order valence-corrected chi connectivity index (χ4v) is 4.05. The minimum Gasteiger partial charge on any atom is -0.347 e. The summed E-state index contributed by atoms with van der Waals surface area (Å²) in [6.07, 6.45) is 5.39. The number of amides is 2. The van der Waals surface area contributed by atoms with Crippen molar-refractivity contribution < 1.29 is 9.59 Å². The van der Waals surface area contributed by atoms with Gasteiger partial charge in [-0.1, -0.05) is 36.2 Å². The summed E-state index contributed by atoms with van der Waals surface area (Å²) >= 11 is 0. The molecule has 0 radical (unpaired) electrons. The number of nitrogens with zero attached hydrogens (tertiary/aromatic N) is 4. The van der Waals surface area contributed by atoms with Crippen LogP contribution in [0.15, 0.2) is 24.3 Å². The fraction of sp³-hybridized carbons (Fsp3) is 0.524. The zero-order valence-corrected chi connectivity index (χ0v) is 16.4. The fourth-order valence-electron chi connectivity index (χ4n) is 4.05. The van der Waals surface area contributed by atoms with Crippen molar-refractivity contribution >= 4 is 11.8 Å². The van der Waals surface area contributed by atoms with E-state index in [0.29, 0.717) is 25.9 Å². The lowest BCUT2D eigenvalue weighted by atomic mass is 10.1. The molecule has 28 heavy (non-hydrogen) atoms. The van der Waals surface area contributed by atoms with Crippen molar-refractivity contribution in [3.8, 4) is 0 Å². The highest BCUT2D eigenvalue weighted by molar-refractivity contribution is 5.90. The molecule has 1 aromatic heterocycles. The van der Waals surface area contributed by atoms with Gasteiger partial charge in [0.1, 0.15) is 11.9 Å². The molecule has 1 saturated heterocycles. The standard InChI is InChI=1S/C21H27N5O2/c1-15-6-8-16(9-7-15)14-26-17(10-11-20(26)27)21(28)22-13-19-24-23-18-5-3-2-4-12-25(18)19/h6-9,17H,2-5,10-14H2,1H3,(H,22,28). The molecule has 7 nitrogen and oxygen atoms in total. The first-order valence-corrected chi connectivity index (χ1v) is 10.2. The summed E-state index contributed by atoms with van der Waals surface area (Å²) in [6.45, 7) is 3.77. The Labute approximate surface area is 165 Å². The normalized spacial score (nSPS) is 19.4. The lowest BCUT2D eigenvalue weighted by Gasteiger charge is -2.24. The second kappa shape index (κ2) is 8.12. The Hall–Kier alpha value is -2.70. The Morgan fingerprint density at radius 1 is 1.14 bits per heavy atom. The summed E-state index contributed by atoms with van der Waals surface area (Å²) in [5, 5.41) is 11.5. The number of carbonyl (C=O) groups excluding carboxylic acids is 2. The molecule has 148 valence electrons. The maximum atomic E-state index is 12.8. The second-order valence-electron chi connectivity index (χ2n) is 7.77. The van der Waals surface area contributed by atoms with E-state index in [-0.39, 0.29) is 11.8 Å². The van der Waals surface area contributed by atoms with Crippen LogP contribution in [0, 0.1) is 6.92 Å². The molecule has 1 fully saturated rings. The number of aryl methyl sites for hydroxylation is 2. The minimum atomic E-state index is -0.416. The van der Waals surface area contributed by atoms with E-state index in [0.717, 1.165) is 43.0 Å². The lowest BCUT2D eigenvalue weighted by molar-refractivity contribution is -0.135. The predicted molar refractivity (Wildman–Crippen MR) is 104 cm³/mol. The smallest absolute Gasteiger partial charge is 0.243 e. The molecule has 2 aromatic rings. The molecule has 4 rings (SSSR count). The molecule has 1 unspecified atom stereocenters. The van der Waals surface area contributed by atoms with Crippen LogP contribution in [0.25, 0.3) is 0 Å². The Morgan fingerprint density at radius 2 is 1.96 bits per heavy atom. The van der Waals surface area contributed by atoms with Gasteiger partial charge < -0.3 is 14.8 Å². The molecule has 0 spiro atoms. The molecular formula is C21H27N5O2. The Bertz CT molecular complexity index is 858.